The Morgan fingerprint density at radius 3 is 2.07 bits per heavy atom. The van der Waals surface area contributed by atoms with E-state index in [1.807, 2.05) is 52.0 Å². The van der Waals surface area contributed by atoms with E-state index in [1.54, 1.807) is 0 Å². The summed E-state index contributed by atoms with van der Waals surface area (Å²) in [6.45, 7) is 7.74. The summed E-state index contributed by atoms with van der Waals surface area (Å²) in [5, 5.41) is 5.61. The third-order valence-corrected chi connectivity index (χ3v) is 5.58. The molecule has 1 aliphatic heterocycles. The number of rotatable bonds is 8. The minimum Gasteiger partial charge on any atom is -0.325 e. The molecule has 0 atom stereocenters. The highest BCUT2D eigenvalue weighted by atomic mass is 16.2. The van der Waals surface area contributed by atoms with Gasteiger partial charge in [0.1, 0.15) is 12.1 Å². The Hall–Kier alpha value is -3.09. The van der Waals surface area contributed by atoms with Crippen LogP contribution >= 0.6 is 0 Å². The number of carbonyl (C=O) groups is 3. The second-order valence-electron chi connectivity index (χ2n) is 7.95. The fraction of sp³-hybridized carbons (Fsp3) is 0.435. The number of imide groups is 1. The molecule has 1 aromatic heterocycles. The first-order chi connectivity index (χ1) is 14.3. The van der Waals surface area contributed by atoms with Crippen LogP contribution in [0.15, 0.2) is 36.4 Å². The van der Waals surface area contributed by atoms with Gasteiger partial charge in [0.15, 0.2) is 0 Å². The van der Waals surface area contributed by atoms with Crippen LogP contribution in [0.3, 0.4) is 0 Å². The fourth-order valence-electron chi connectivity index (χ4n) is 4.25. The van der Waals surface area contributed by atoms with Crippen molar-refractivity contribution in [1.29, 1.82) is 0 Å². The first kappa shape index (κ1) is 21.6. The minimum absolute atomic E-state index is 0.294. The Bertz CT molecular complexity index is 920. The first-order valence-corrected chi connectivity index (χ1v) is 10.5. The zero-order valence-corrected chi connectivity index (χ0v) is 18.1. The third kappa shape index (κ3) is 4.10. The largest absolute Gasteiger partial charge is 0.325 e. The van der Waals surface area contributed by atoms with Crippen LogP contribution < -0.4 is 10.6 Å². The van der Waals surface area contributed by atoms with E-state index in [0.717, 1.165) is 34.8 Å². The van der Waals surface area contributed by atoms with Gasteiger partial charge in [-0.25, -0.2) is 4.79 Å². The standard InChI is InChI=1S/C23H30N4O3/c1-5-13-23(14-6-2)21(29)26(22(30)25-23)15-20(28)24-18-9-11-19(12-10-18)27-16(3)7-8-17(27)4/h7-12H,5-6,13-15H2,1-4H3,(H,24,28)(H,25,30). The molecule has 7 nitrogen and oxygen atoms in total. The first-order valence-electron chi connectivity index (χ1n) is 10.5. The monoisotopic (exact) mass is 410 g/mol. The van der Waals surface area contributed by atoms with Crippen molar-refractivity contribution in [3.05, 3.63) is 47.8 Å². The summed E-state index contributed by atoms with van der Waals surface area (Å²) in [7, 11) is 0. The minimum atomic E-state index is -0.880. The molecule has 1 aromatic carbocycles. The van der Waals surface area contributed by atoms with Crippen LogP contribution in [0.4, 0.5) is 10.5 Å². The fourth-order valence-corrected chi connectivity index (χ4v) is 4.25. The highest BCUT2D eigenvalue weighted by molar-refractivity contribution is 6.10. The number of aromatic nitrogens is 1. The number of carbonyl (C=O) groups excluding carboxylic acids is 3. The number of nitrogens with zero attached hydrogens (tertiary/aromatic N) is 2. The molecule has 0 bridgehead atoms. The number of urea groups is 1. The second-order valence-corrected chi connectivity index (χ2v) is 7.95. The maximum Gasteiger partial charge on any atom is 0.325 e. The number of nitrogens with one attached hydrogen (secondary N) is 2. The van der Waals surface area contributed by atoms with Crippen molar-refractivity contribution in [2.45, 2.75) is 58.9 Å². The van der Waals surface area contributed by atoms with Gasteiger partial charge in [0.05, 0.1) is 0 Å². The van der Waals surface area contributed by atoms with Crippen LogP contribution in [-0.4, -0.2) is 39.4 Å². The highest BCUT2D eigenvalue weighted by Gasteiger charge is 2.50. The van der Waals surface area contributed by atoms with Crippen LogP contribution in [-0.2, 0) is 9.59 Å². The van der Waals surface area contributed by atoms with Crippen LogP contribution in [0.25, 0.3) is 5.69 Å². The van der Waals surface area contributed by atoms with E-state index in [4.69, 9.17) is 0 Å². The van der Waals surface area contributed by atoms with Gasteiger partial charge in [-0.2, -0.15) is 0 Å². The normalized spacial score (nSPS) is 15.4. The van der Waals surface area contributed by atoms with Crippen molar-refractivity contribution in [2.24, 2.45) is 0 Å². The summed E-state index contributed by atoms with van der Waals surface area (Å²) in [5.74, 6) is -0.705. The molecule has 3 rings (SSSR count). The van der Waals surface area contributed by atoms with Crippen molar-refractivity contribution in [3.8, 4) is 5.69 Å². The average molecular weight is 411 g/mol. The number of amides is 4. The number of benzene rings is 1. The van der Waals surface area contributed by atoms with Gasteiger partial charge in [0.2, 0.25) is 5.91 Å². The lowest BCUT2D eigenvalue weighted by molar-refractivity contribution is -0.134. The summed E-state index contributed by atoms with van der Waals surface area (Å²) in [6, 6.07) is 11.1. The van der Waals surface area contributed by atoms with Crippen LogP contribution in [0.5, 0.6) is 0 Å². The zero-order chi connectivity index (χ0) is 21.9. The summed E-state index contributed by atoms with van der Waals surface area (Å²) in [5.41, 5.74) is 3.00. The molecule has 2 aromatic rings. The van der Waals surface area contributed by atoms with E-state index in [2.05, 4.69) is 27.3 Å². The molecule has 0 spiro atoms. The van der Waals surface area contributed by atoms with Crippen LogP contribution in [0.1, 0.15) is 50.9 Å². The molecule has 1 saturated heterocycles. The lowest BCUT2D eigenvalue weighted by Gasteiger charge is -2.25. The number of hydrogen-bond acceptors (Lipinski definition) is 3. The molecule has 0 unspecified atom stereocenters. The van der Waals surface area contributed by atoms with Crippen LogP contribution in [0, 0.1) is 13.8 Å². The average Bonchev–Trinajstić information content (AvgIpc) is 3.14. The predicted molar refractivity (Wildman–Crippen MR) is 117 cm³/mol. The van der Waals surface area contributed by atoms with Crippen molar-refractivity contribution in [2.75, 3.05) is 11.9 Å². The molecule has 7 heteroatoms. The Balaban J connectivity index is 1.67. The number of aryl methyl sites for hydroxylation is 2. The van der Waals surface area contributed by atoms with Gasteiger partial charge >= 0.3 is 6.03 Å². The van der Waals surface area contributed by atoms with Crippen LogP contribution in [0.2, 0.25) is 0 Å². The molecule has 2 heterocycles. The SMILES string of the molecule is CCCC1(CCC)NC(=O)N(CC(=O)Nc2ccc(-n3c(C)ccc3C)cc2)C1=O. The molecule has 2 N–H and O–H groups in total. The molecule has 30 heavy (non-hydrogen) atoms. The summed E-state index contributed by atoms with van der Waals surface area (Å²) in [4.78, 5) is 38.8. The Labute approximate surface area is 177 Å². The van der Waals surface area contributed by atoms with Gasteiger partial charge < -0.3 is 15.2 Å². The number of hydrogen-bond donors (Lipinski definition) is 2. The molecule has 4 amide bonds. The van der Waals surface area contributed by atoms with E-state index < -0.39 is 17.5 Å². The highest BCUT2D eigenvalue weighted by Crippen LogP contribution is 2.28. The van der Waals surface area contributed by atoms with Gasteiger partial charge in [-0.1, -0.05) is 26.7 Å². The smallest absolute Gasteiger partial charge is 0.325 e. The second kappa shape index (κ2) is 8.73. The Morgan fingerprint density at radius 2 is 1.53 bits per heavy atom. The van der Waals surface area contributed by atoms with Crippen molar-refractivity contribution in [1.82, 2.24) is 14.8 Å². The van der Waals surface area contributed by atoms with Gasteiger partial charge in [-0.3, -0.25) is 14.5 Å². The third-order valence-electron chi connectivity index (χ3n) is 5.58. The number of anilines is 1. The lowest BCUT2D eigenvalue weighted by Crippen LogP contribution is -2.47. The maximum atomic E-state index is 12.9. The van der Waals surface area contributed by atoms with Crippen molar-refractivity contribution < 1.29 is 14.4 Å². The zero-order valence-electron chi connectivity index (χ0n) is 18.1. The molecule has 0 aliphatic carbocycles. The van der Waals surface area contributed by atoms with Gasteiger partial charge in [0, 0.05) is 22.8 Å². The van der Waals surface area contributed by atoms with Gasteiger partial charge in [-0.15, -0.1) is 0 Å². The predicted octanol–water partition coefficient (Wildman–Crippen LogP) is 3.92. The Kier molecular flexibility index (Phi) is 6.29. The summed E-state index contributed by atoms with van der Waals surface area (Å²) in [6.07, 6.45) is 2.70. The molecule has 0 radical (unpaired) electrons. The lowest BCUT2D eigenvalue weighted by atomic mass is 9.88. The van der Waals surface area contributed by atoms with Gasteiger partial charge in [-0.05, 0) is 63.1 Å². The topological polar surface area (TPSA) is 83.4 Å². The molecular formula is C23H30N4O3. The molecule has 0 saturated carbocycles. The molecule has 1 fully saturated rings. The van der Waals surface area contributed by atoms with Crippen molar-refractivity contribution in [3.63, 3.8) is 0 Å². The van der Waals surface area contributed by atoms with E-state index in [9.17, 15) is 14.4 Å². The van der Waals surface area contributed by atoms with E-state index in [0.29, 0.717) is 18.5 Å². The van der Waals surface area contributed by atoms with E-state index in [-0.39, 0.29) is 12.5 Å². The van der Waals surface area contributed by atoms with Crippen molar-refractivity contribution >= 4 is 23.5 Å². The molecule has 1 aliphatic rings. The van der Waals surface area contributed by atoms with E-state index in [1.165, 1.54) is 0 Å². The van der Waals surface area contributed by atoms with Gasteiger partial charge in [0.25, 0.3) is 5.91 Å². The quantitative estimate of drug-likeness (QED) is 0.647. The summed E-state index contributed by atoms with van der Waals surface area (Å²) < 4.78 is 2.12. The molecular weight excluding hydrogens is 380 g/mol. The Morgan fingerprint density at radius 1 is 0.967 bits per heavy atom. The summed E-state index contributed by atoms with van der Waals surface area (Å²) >= 11 is 0. The maximum absolute atomic E-state index is 12.9. The molecule has 160 valence electrons. The van der Waals surface area contributed by atoms with E-state index >= 15 is 0 Å².